The minimum atomic E-state index is -0.625. The van der Waals surface area contributed by atoms with Crippen molar-refractivity contribution in [1.82, 2.24) is 0 Å². The van der Waals surface area contributed by atoms with E-state index in [1.54, 1.807) is 0 Å². The summed E-state index contributed by atoms with van der Waals surface area (Å²) in [5, 5.41) is -0.381. The minimum Gasteiger partial charge on any atom is -0.205 e. The van der Waals surface area contributed by atoms with E-state index in [0.717, 1.165) is 36.2 Å². The van der Waals surface area contributed by atoms with E-state index in [-0.39, 0.29) is 5.02 Å². The average Bonchev–Trinajstić information content (AvgIpc) is 2.53. The first kappa shape index (κ1) is 16.2. The lowest BCUT2D eigenvalue weighted by molar-refractivity contribution is 0.165. The molecule has 0 saturated heterocycles. The molecule has 3 heteroatoms. The molecule has 0 amide bonds. The zero-order valence-corrected chi connectivity index (χ0v) is 14.0. The quantitative estimate of drug-likeness (QED) is 0.529. The number of benzene rings is 1. The third-order valence-corrected chi connectivity index (χ3v) is 6.34. The Labute approximate surface area is 137 Å². The van der Waals surface area contributed by atoms with Crippen LogP contribution in [0.1, 0.15) is 69.8 Å². The van der Waals surface area contributed by atoms with Gasteiger partial charge < -0.3 is 0 Å². The van der Waals surface area contributed by atoms with Crippen molar-refractivity contribution >= 4 is 11.6 Å². The van der Waals surface area contributed by atoms with Crippen LogP contribution in [-0.4, -0.2) is 0 Å². The summed E-state index contributed by atoms with van der Waals surface area (Å²) in [6, 6.07) is 2.86. The van der Waals surface area contributed by atoms with Gasteiger partial charge in [0.05, 0.1) is 0 Å². The van der Waals surface area contributed by atoms with Gasteiger partial charge in [-0.3, -0.25) is 0 Å². The van der Waals surface area contributed by atoms with Gasteiger partial charge in [0.15, 0.2) is 0 Å². The van der Waals surface area contributed by atoms with Crippen molar-refractivity contribution in [2.24, 2.45) is 17.8 Å². The zero-order valence-electron chi connectivity index (χ0n) is 13.3. The highest BCUT2D eigenvalue weighted by Crippen LogP contribution is 2.44. The van der Waals surface area contributed by atoms with E-state index in [0.29, 0.717) is 5.92 Å². The molecule has 2 saturated carbocycles. The molecule has 122 valence electrons. The van der Waals surface area contributed by atoms with Gasteiger partial charge in [-0.05, 0) is 79.9 Å². The van der Waals surface area contributed by atoms with Crippen LogP contribution < -0.4 is 0 Å². The summed E-state index contributed by atoms with van der Waals surface area (Å²) in [5.41, 5.74) is 0.787. The second-order valence-corrected chi connectivity index (χ2v) is 7.81. The van der Waals surface area contributed by atoms with Crippen LogP contribution >= 0.6 is 11.6 Å². The van der Waals surface area contributed by atoms with Crippen LogP contribution in [-0.2, 0) is 0 Å². The van der Waals surface area contributed by atoms with Gasteiger partial charge in [-0.1, -0.05) is 31.4 Å². The number of halogens is 3. The van der Waals surface area contributed by atoms with Crippen molar-refractivity contribution in [2.75, 3.05) is 0 Å². The zero-order chi connectivity index (χ0) is 15.7. The van der Waals surface area contributed by atoms with Gasteiger partial charge in [-0.25, -0.2) is 8.78 Å². The molecule has 0 atom stereocenters. The number of hydrogen-bond acceptors (Lipinski definition) is 0. The molecule has 0 aromatic heterocycles. The molecule has 2 fully saturated rings. The van der Waals surface area contributed by atoms with Gasteiger partial charge >= 0.3 is 0 Å². The van der Waals surface area contributed by atoms with E-state index in [1.807, 2.05) is 0 Å². The van der Waals surface area contributed by atoms with Crippen LogP contribution in [0, 0.1) is 29.4 Å². The van der Waals surface area contributed by atoms with Crippen LogP contribution in [0.5, 0.6) is 0 Å². The molecule has 1 aromatic rings. The fraction of sp³-hybridized carbons (Fsp3) is 0.684. The first-order chi connectivity index (χ1) is 10.5. The van der Waals surface area contributed by atoms with Crippen molar-refractivity contribution in [1.29, 1.82) is 0 Å². The first-order valence-corrected chi connectivity index (χ1v) is 9.06. The molecule has 3 rings (SSSR count). The smallest absolute Gasteiger partial charge is 0.145 e. The van der Waals surface area contributed by atoms with Crippen LogP contribution in [0.2, 0.25) is 5.02 Å². The van der Waals surface area contributed by atoms with E-state index in [2.05, 4.69) is 6.92 Å². The fourth-order valence-corrected chi connectivity index (χ4v) is 4.60. The van der Waals surface area contributed by atoms with E-state index in [4.69, 9.17) is 11.6 Å². The Morgan fingerprint density at radius 2 is 1.27 bits per heavy atom. The monoisotopic (exact) mass is 326 g/mol. The minimum absolute atomic E-state index is 0.292. The SMILES string of the molecule is CC1CCC(C2CCC(c3cc(F)c(Cl)c(F)c3)CC2)CC1. The summed E-state index contributed by atoms with van der Waals surface area (Å²) in [7, 11) is 0. The Bertz CT molecular complexity index is 489. The van der Waals surface area contributed by atoms with Crippen molar-refractivity contribution in [3.8, 4) is 0 Å². The molecule has 2 aliphatic carbocycles. The maximum absolute atomic E-state index is 13.6. The number of hydrogen-bond donors (Lipinski definition) is 0. The van der Waals surface area contributed by atoms with Gasteiger partial charge in [0.25, 0.3) is 0 Å². The summed E-state index contributed by atoms with van der Waals surface area (Å²) in [6.07, 6.45) is 10.0. The standard InChI is InChI=1S/C19H25ClF2/c1-12-2-4-13(5-3-12)14-6-8-15(9-7-14)16-10-17(21)19(20)18(22)11-16/h10-15H,2-9H2,1H3. The van der Waals surface area contributed by atoms with Gasteiger partial charge in [0.2, 0.25) is 0 Å². The summed E-state index contributed by atoms with van der Waals surface area (Å²) >= 11 is 5.58. The van der Waals surface area contributed by atoms with Crippen molar-refractivity contribution in [3.05, 3.63) is 34.4 Å². The Hall–Kier alpha value is -0.630. The normalized spacial score (nSPS) is 32.9. The lowest BCUT2D eigenvalue weighted by Crippen LogP contribution is -2.24. The summed E-state index contributed by atoms with van der Waals surface area (Å²) in [4.78, 5) is 0. The Kier molecular flexibility index (Phi) is 5.07. The second kappa shape index (κ2) is 6.86. The highest BCUT2D eigenvalue weighted by atomic mass is 35.5. The van der Waals surface area contributed by atoms with E-state index >= 15 is 0 Å². The van der Waals surface area contributed by atoms with Crippen LogP contribution in [0.3, 0.4) is 0 Å². The van der Waals surface area contributed by atoms with Gasteiger partial charge in [0, 0.05) is 0 Å². The molecule has 0 nitrogen and oxygen atoms in total. The molecular weight excluding hydrogens is 302 g/mol. The van der Waals surface area contributed by atoms with Crippen LogP contribution in [0.15, 0.2) is 12.1 Å². The second-order valence-electron chi connectivity index (χ2n) is 7.43. The molecular formula is C19H25ClF2. The highest BCUT2D eigenvalue weighted by Gasteiger charge is 2.30. The van der Waals surface area contributed by atoms with Gasteiger partial charge in [0.1, 0.15) is 16.7 Å². The third-order valence-electron chi connectivity index (χ3n) is 5.98. The third kappa shape index (κ3) is 3.48. The average molecular weight is 327 g/mol. The molecule has 0 spiro atoms. The number of rotatable bonds is 2. The Morgan fingerprint density at radius 1 is 0.818 bits per heavy atom. The summed E-state index contributed by atoms with van der Waals surface area (Å²) in [5.74, 6) is 1.65. The molecule has 0 aliphatic heterocycles. The topological polar surface area (TPSA) is 0 Å². The predicted octanol–water partition coefficient (Wildman–Crippen LogP) is 6.72. The van der Waals surface area contributed by atoms with Crippen molar-refractivity contribution < 1.29 is 8.78 Å². The molecule has 1 aromatic carbocycles. The van der Waals surface area contributed by atoms with E-state index < -0.39 is 11.6 Å². The molecule has 0 radical (unpaired) electrons. The van der Waals surface area contributed by atoms with Crippen LogP contribution in [0.25, 0.3) is 0 Å². The molecule has 0 N–H and O–H groups in total. The van der Waals surface area contributed by atoms with E-state index in [1.165, 1.54) is 50.7 Å². The Balaban J connectivity index is 1.60. The van der Waals surface area contributed by atoms with Gasteiger partial charge in [-0.15, -0.1) is 0 Å². The Morgan fingerprint density at radius 3 is 1.77 bits per heavy atom. The molecule has 0 heterocycles. The lowest BCUT2D eigenvalue weighted by atomic mass is 9.68. The maximum atomic E-state index is 13.6. The molecule has 2 aliphatic rings. The van der Waals surface area contributed by atoms with E-state index in [9.17, 15) is 8.78 Å². The molecule has 0 unspecified atom stereocenters. The summed E-state index contributed by atoms with van der Waals surface area (Å²) in [6.45, 7) is 2.36. The molecule has 22 heavy (non-hydrogen) atoms. The largest absolute Gasteiger partial charge is 0.205 e. The van der Waals surface area contributed by atoms with Gasteiger partial charge in [-0.2, -0.15) is 0 Å². The van der Waals surface area contributed by atoms with Crippen LogP contribution in [0.4, 0.5) is 8.78 Å². The molecule has 0 bridgehead atoms. The van der Waals surface area contributed by atoms with Crippen molar-refractivity contribution in [2.45, 2.75) is 64.2 Å². The highest BCUT2D eigenvalue weighted by molar-refractivity contribution is 6.30. The first-order valence-electron chi connectivity index (χ1n) is 8.69. The van der Waals surface area contributed by atoms with Crippen molar-refractivity contribution in [3.63, 3.8) is 0 Å². The summed E-state index contributed by atoms with van der Waals surface area (Å²) < 4.78 is 27.3. The fourth-order valence-electron chi connectivity index (χ4n) is 4.49. The maximum Gasteiger partial charge on any atom is 0.145 e. The predicted molar refractivity (Wildman–Crippen MR) is 87.2 cm³/mol. The lowest BCUT2D eigenvalue weighted by Gasteiger charge is -2.37.